The van der Waals surface area contributed by atoms with Crippen LogP contribution < -0.4 is 10.5 Å². The molecule has 3 rings (SSSR count). The predicted molar refractivity (Wildman–Crippen MR) is 96.2 cm³/mol. The first-order valence-corrected chi connectivity index (χ1v) is 8.59. The number of hydrogen-bond donors (Lipinski definition) is 1. The highest BCUT2D eigenvalue weighted by atomic mass is 16.5. The number of allylic oxidation sites excluding steroid dienone is 4. The Morgan fingerprint density at radius 1 is 1.23 bits per heavy atom. The Bertz CT molecular complexity index is 909. The van der Waals surface area contributed by atoms with Gasteiger partial charge in [-0.1, -0.05) is 25.1 Å². The van der Waals surface area contributed by atoms with Gasteiger partial charge in [-0.05, 0) is 47.9 Å². The zero-order valence-electron chi connectivity index (χ0n) is 14.9. The van der Waals surface area contributed by atoms with Crippen LogP contribution in [0, 0.1) is 51.2 Å². The van der Waals surface area contributed by atoms with Crippen LogP contribution in [0.5, 0.6) is 5.75 Å². The number of rotatable bonds is 2. The Morgan fingerprint density at radius 3 is 2.58 bits per heavy atom. The summed E-state index contributed by atoms with van der Waals surface area (Å²) in [5, 5.41) is 29.6. The molecule has 0 saturated carbocycles. The summed E-state index contributed by atoms with van der Waals surface area (Å²) >= 11 is 0. The fraction of sp³-hybridized carbons (Fsp3) is 0.381. The number of nitrogens with two attached hydrogens (primary N) is 1. The van der Waals surface area contributed by atoms with Gasteiger partial charge in [0.05, 0.1) is 30.5 Å². The van der Waals surface area contributed by atoms with E-state index in [9.17, 15) is 15.8 Å². The fourth-order valence-corrected chi connectivity index (χ4v) is 4.29. The fourth-order valence-electron chi connectivity index (χ4n) is 4.29. The zero-order valence-corrected chi connectivity index (χ0v) is 14.9. The van der Waals surface area contributed by atoms with Crippen LogP contribution in [0.25, 0.3) is 0 Å². The van der Waals surface area contributed by atoms with Crippen LogP contribution in [0.3, 0.4) is 0 Å². The summed E-state index contributed by atoms with van der Waals surface area (Å²) in [4.78, 5) is 0. The summed E-state index contributed by atoms with van der Waals surface area (Å²) in [6, 6.07) is 13.9. The van der Waals surface area contributed by atoms with E-state index in [-0.39, 0.29) is 11.6 Å². The number of nitrogens with zero attached hydrogens (tertiary/aromatic N) is 3. The molecule has 2 aliphatic rings. The second-order valence-corrected chi connectivity index (χ2v) is 7.03. The number of hydrogen-bond acceptors (Lipinski definition) is 5. The Kier molecular flexibility index (Phi) is 4.45. The van der Waals surface area contributed by atoms with Gasteiger partial charge in [0.15, 0.2) is 5.41 Å². The van der Waals surface area contributed by atoms with Gasteiger partial charge in [0.25, 0.3) is 0 Å². The van der Waals surface area contributed by atoms with Gasteiger partial charge in [-0.3, -0.25) is 0 Å². The van der Waals surface area contributed by atoms with E-state index >= 15 is 0 Å². The third-order valence-corrected chi connectivity index (χ3v) is 5.57. The van der Waals surface area contributed by atoms with Gasteiger partial charge >= 0.3 is 0 Å². The number of methoxy groups -OCH3 is 1. The van der Waals surface area contributed by atoms with Crippen LogP contribution in [0.4, 0.5) is 0 Å². The molecule has 5 nitrogen and oxygen atoms in total. The molecule has 0 aliphatic heterocycles. The summed E-state index contributed by atoms with van der Waals surface area (Å²) in [7, 11) is 1.58. The normalized spacial score (nSPS) is 26.6. The third-order valence-electron chi connectivity index (χ3n) is 5.57. The lowest BCUT2D eigenvalue weighted by atomic mass is 9.56. The second-order valence-electron chi connectivity index (χ2n) is 7.03. The minimum Gasteiger partial charge on any atom is -0.497 e. The highest BCUT2D eigenvalue weighted by Gasteiger charge is 2.54. The van der Waals surface area contributed by atoms with Gasteiger partial charge in [0.1, 0.15) is 11.8 Å². The number of ether oxygens (including phenoxy) is 1. The van der Waals surface area contributed by atoms with Crippen molar-refractivity contribution in [3.63, 3.8) is 0 Å². The molecule has 3 atom stereocenters. The summed E-state index contributed by atoms with van der Waals surface area (Å²) in [5.74, 6) is 0.521. The molecule has 0 amide bonds. The van der Waals surface area contributed by atoms with Crippen molar-refractivity contribution in [3.8, 4) is 24.0 Å². The van der Waals surface area contributed by atoms with Crippen LogP contribution in [-0.4, -0.2) is 7.11 Å². The first-order valence-electron chi connectivity index (χ1n) is 8.59. The molecule has 1 aromatic carbocycles. The lowest BCUT2D eigenvalue weighted by Gasteiger charge is -2.44. The van der Waals surface area contributed by atoms with Crippen LogP contribution >= 0.6 is 0 Å². The van der Waals surface area contributed by atoms with E-state index in [2.05, 4.69) is 31.2 Å². The monoisotopic (exact) mass is 344 g/mol. The summed E-state index contributed by atoms with van der Waals surface area (Å²) in [6.07, 6.45) is 3.72. The Morgan fingerprint density at radius 2 is 1.96 bits per heavy atom. The Hall–Kier alpha value is -3.23. The molecule has 0 radical (unpaired) electrons. The van der Waals surface area contributed by atoms with E-state index in [1.165, 1.54) is 0 Å². The maximum atomic E-state index is 9.99. The van der Waals surface area contributed by atoms with Crippen LogP contribution in [-0.2, 0) is 0 Å². The van der Waals surface area contributed by atoms with Crippen molar-refractivity contribution in [1.82, 2.24) is 0 Å². The molecular weight excluding hydrogens is 324 g/mol. The molecule has 2 aliphatic carbocycles. The molecule has 26 heavy (non-hydrogen) atoms. The van der Waals surface area contributed by atoms with Crippen LogP contribution in [0.2, 0.25) is 0 Å². The summed E-state index contributed by atoms with van der Waals surface area (Å²) in [5.41, 5.74) is 6.76. The topological polar surface area (TPSA) is 107 Å². The molecule has 0 saturated heterocycles. The van der Waals surface area contributed by atoms with Crippen LogP contribution in [0.15, 0.2) is 47.2 Å². The molecule has 0 spiro atoms. The highest BCUT2D eigenvalue weighted by molar-refractivity contribution is 5.59. The third kappa shape index (κ3) is 2.43. The van der Waals surface area contributed by atoms with Crippen molar-refractivity contribution in [3.05, 3.63) is 52.7 Å². The van der Waals surface area contributed by atoms with Gasteiger partial charge in [0, 0.05) is 5.92 Å². The van der Waals surface area contributed by atoms with Gasteiger partial charge in [-0.2, -0.15) is 15.8 Å². The minimum atomic E-state index is -1.57. The van der Waals surface area contributed by atoms with Crippen molar-refractivity contribution in [2.75, 3.05) is 7.11 Å². The van der Waals surface area contributed by atoms with Crippen molar-refractivity contribution in [2.45, 2.75) is 25.7 Å². The maximum absolute atomic E-state index is 9.99. The standard InChI is InChI=1S/C21H20N4O/c1-13-6-7-16-17(8-13)19(14-4-3-5-15(9-14)26-2)21(11-23,12-24)20(25)18(16)10-22/h3-5,7,9,13,17,19H,6,8,25H2,1-2H3. The molecular formula is C21H20N4O. The Balaban J connectivity index is 2.32. The molecule has 0 heterocycles. The molecule has 0 aromatic heterocycles. The smallest absolute Gasteiger partial charge is 0.191 e. The molecule has 130 valence electrons. The quantitative estimate of drug-likeness (QED) is 0.883. The van der Waals surface area contributed by atoms with Gasteiger partial charge in [-0.15, -0.1) is 0 Å². The summed E-state index contributed by atoms with van der Waals surface area (Å²) < 4.78 is 5.33. The molecule has 5 heteroatoms. The molecule has 2 N–H and O–H groups in total. The van der Waals surface area contributed by atoms with E-state index in [0.29, 0.717) is 17.2 Å². The predicted octanol–water partition coefficient (Wildman–Crippen LogP) is 3.53. The first-order chi connectivity index (χ1) is 12.5. The molecule has 0 fully saturated rings. The van der Waals surface area contributed by atoms with Gasteiger partial charge < -0.3 is 10.5 Å². The van der Waals surface area contributed by atoms with Crippen molar-refractivity contribution in [2.24, 2.45) is 23.0 Å². The largest absolute Gasteiger partial charge is 0.497 e. The van der Waals surface area contributed by atoms with Crippen molar-refractivity contribution in [1.29, 1.82) is 15.8 Å². The number of fused-ring (bicyclic) bond motifs is 1. The van der Waals surface area contributed by atoms with E-state index < -0.39 is 11.3 Å². The lowest BCUT2D eigenvalue weighted by Crippen LogP contribution is -2.43. The number of benzene rings is 1. The minimum absolute atomic E-state index is 0.0647. The molecule has 1 aromatic rings. The molecule has 3 unspecified atom stereocenters. The molecule has 0 bridgehead atoms. The zero-order chi connectivity index (χ0) is 18.9. The van der Waals surface area contributed by atoms with Crippen LogP contribution in [0.1, 0.15) is 31.2 Å². The Labute approximate surface area is 153 Å². The van der Waals surface area contributed by atoms with Crippen molar-refractivity contribution >= 4 is 0 Å². The maximum Gasteiger partial charge on any atom is 0.191 e. The summed E-state index contributed by atoms with van der Waals surface area (Å²) in [6.45, 7) is 2.14. The first kappa shape index (κ1) is 17.6. The van der Waals surface area contributed by atoms with Crippen molar-refractivity contribution < 1.29 is 4.74 Å². The average molecular weight is 344 g/mol. The number of nitriles is 3. The van der Waals surface area contributed by atoms with E-state index in [0.717, 1.165) is 24.0 Å². The lowest BCUT2D eigenvalue weighted by molar-refractivity contribution is 0.283. The SMILES string of the molecule is COc1cccc(C2C3CC(C)CC=C3C(C#N)=C(N)C2(C#N)C#N)c1. The average Bonchev–Trinajstić information content (AvgIpc) is 2.67. The van der Waals surface area contributed by atoms with Gasteiger partial charge in [0.2, 0.25) is 0 Å². The van der Waals surface area contributed by atoms with E-state index in [1.807, 2.05) is 24.3 Å². The van der Waals surface area contributed by atoms with Gasteiger partial charge in [-0.25, -0.2) is 0 Å². The van der Waals surface area contributed by atoms with E-state index in [4.69, 9.17) is 10.5 Å². The second kappa shape index (κ2) is 6.58. The highest BCUT2D eigenvalue weighted by Crippen LogP contribution is 2.56. The van der Waals surface area contributed by atoms with E-state index in [1.54, 1.807) is 7.11 Å².